The molecular weight excluding hydrogens is 304 g/mol. The minimum Gasteiger partial charge on any atom is -0.396 e. The number of hydrogen-bond acceptors (Lipinski definition) is 5. The Hall–Kier alpha value is -2.25. The van der Waals surface area contributed by atoms with Gasteiger partial charge in [-0.25, -0.2) is 9.67 Å². The second-order valence-electron chi connectivity index (χ2n) is 4.82. The molecule has 0 saturated carbocycles. The Bertz CT molecular complexity index is 768. The quantitative estimate of drug-likeness (QED) is 0.725. The molecule has 0 amide bonds. The van der Waals surface area contributed by atoms with Crippen molar-refractivity contribution < 1.29 is 5.11 Å². The van der Waals surface area contributed by atoms with Gasteiger partial charge in [0.2, 0.25) is 0 Å². The molecule has 0 saturated heterocycles. The molecule has 0 aliphatic heterocycles. The molecule has 1 N–H and O–H groups in total. The van der Waals surface area contributed by atoms with Crippen LogP contribution in [0.4, 0.5) is 0 Å². The van der Waals surface area contributed by atoms with E-state index in [4.69, 9.17) is 16.7 Å². The van der Waals surface area contributed by atoms with Gasteiger partial charge in [-0.05, 0) is 25.8 Å². The molecule has 3 rings (SSSR count). The third-order valence-corrected chi connectivity index (χ3v) is 3.52. The number of aliphatic hydroxyl groups is 1. The van der Waals surface area contributed by atoms with Crippen molar-refractivity contribution in [3.8, 4) is 11.5 Å². The Labute approximate surface area is 132 Å². The van der Waals surface area contributed by atoms with E-state index in [0.29, 0.717) is 23.8 Å². The van der Waals surface area contributed by atoms with E-state index < -0.39 is 0 Å². The van der Waals surface area contributed by atoms with Crippen LogP contribution < -0.4 is 0 Å². The number of halogens is 1. The lowest BCUT2D eigenvalue weighted by atomic mass is 10.1. The zero-order chi connectivity index (χ0) is 15.5. The van der Waals surface area contributed by atoms with E-state index in [1.54, 1.807) is 17.1 Å². The second-order valence-corrected chi connectivity index (χ2v) is 5.17. The molecule has 0 aliphatic carbocycles. The van der Waals surface area contributed by atoms with E-state index in [1.165, 1.54) is 4.80 Å². The Morgan fingerprint density at radius 1 is 1.27 bits per heavy atom. The van der Waals surface area contributed by atoms with Gasteiger partial charge < -0.3 is 5.11 Å². The highest BCUT2D eigenvalue weighted by molar-refractivity contribution is 6.30. The lowest BCUT2D eigenvalue weighted by Gasteiger charge is -2.11. The highest BCUT2D eigenvalue weighted by Crippen LogP contribution is 2.24. The fourth-order valence-corrected chi connectivity index (χ4v) is 2.55. The zero-order valence-electron chi connectivity index (χ0n) is 12.0. The third-order valence-electron chi connectivity index (χ3n) is 3.21. The first-order chi connectivity index (χ1) is 10.7. The number of rotatable bonds is 5. The lowest BCUT2D eigenvalue weighted by molar-refractivity contribution is 0.288. The van der Waals surface area contributed by atoms with E-state index in [0.717, 1.165) is 16.9 Å². The Kier molecular flexibility index (Phi) is 4.17. The van der Waals surface area contributed by atoms with E-state index in [1.807, 2.05) is 25.3 Å². The fourth-order valence-electron chi connectivity index (χ4n) is 2.23. The Morgan fingerprint density at radius 3 is 2.77 bits per heavy atom. The predicted molar refractivity (Wildman–Crippen MR) is 81.4 cm³/mol. The minimum absolute atomic E-state index is 0.102. The number of aliphatic hydroxyl groups excluding tert-OH is 1. The van der Waals surface area contributed by atoms with Gasteiger partial charge in [-0.2, -0.15) is 10.2 Å². The molecule has 0 aromatic carbocycles. The predicted octanol–water partition coefficient (Wildman–Crippen LogP) is 1.73. The van der Waals surface area contributed by atoms with Gasteiger partial charge in [0.1, 0.15) is 5.15 Å². The van der Waals surface area contributed by atoms with Gasteiger partial charge >= 0.3 is 0 Å². The summed E-state index contributed by atoms with van der Waals surface area (Å²) >= 11 is 6.26. The molecule has 3 aromatic heterocycles. The van der Waals surface area contributed by atoms with Crippen LogP contribution >= 0.6 is 11.6 Å². The Morgan fingerprint density at radius 2 is 2.05 bits per heavy atom. The molecule has 8 heteroatoms. The first-order valence-corrected chi connectivity index (χ1v) is 7.26. The summed E-state index contributed by atoms with van der Waals surface area (Å²) in [5.74, 6) is 0.615. The minimum atomic E-state index is 0.102. The van der Waals surface area contributed by atoms with Gasteiger partial charge in [0, 0.05) is 30.1 Å². The average molecular weight is 319 g/mol. The van der Waals surface area contributed by atoms with Crippen molar-refractivity contribution in [3.63, 3.8) is 0 Å². The van der Waals surface area contributed by atoms with Crippen LogP contribution in [0.15, 0.2) is 30.7 Å². The summed E-state index contributed by atoms with van der Waals surface area (Å²) in [7, 11) is 0. The maximum atomic E-state index is 9.06. The number of aryl methyl sites for hydroxylation is 1. The van der Waals surface area contributed by atoms with Gasteiger partial charge in [-0.3, -0.25) is 0 Å². The average Bonchev–Trinajstić information content (AvgIpc) is 3.16. The summed E-state index contributed by atoms with van der Waals surface area (Å²) in [6, 6.07) is 3.74. The van der Waals surface area contributed by atoms with Crippen LogP contribution in [0.1, 0.15) is 17.7 Å². The van der Waals surface area contributed by atoms with Crippen LogP contribution in [0, 0.1) is 6.92 Å². The highest BCUT2D eigenvalue weighted by atomic mass is 35.5. The molecule has 0 bridgehead atoms. The summed E-state index contributed by atoms with van der Waals surface area (Å²) in [4.78, 5) is 5.73. The van der Waals surface area contributed by atoms with Gasteiger partial charge in [0.15, 0.2) is 5.82 Å². The van der Waals surface area contributed by atoms with Crippen molar-refractivity contribution in [1.82, 2.24) is 29.8 Å². The van der Waals surface area contributed by atoms with Crippen molar-refractivity contribution in [2.75, 3.05) is 6.61 Å². The van der Waals surface area contributed by atoms with Crippen LogP contribution in [-0.2, 0) is 6.42 Å². The van der Waals surface area contributed by atoms with Gasteiger partial charge in [0.25, 0.3) is 0 Å². The molecule has 22 heavy (non-hydrogen) atoms. The van der Waals surface area contributed by atoms with Crippen molar-refractivity contribution in [1.29, 1.82) is 0 Å². The first-order valence-electron chi connectivity index (χ1n) is 6.88. The van der Waals surface area contributed by atoms with Crippen LogP contribution in [-0.4, -0.2) is 41.5 Å². The molecule has 0 atom stereocenters. The van der Waals surface area contributed by atoms with Crippen LogP contribution in [0.3, 0.4) is 0 Å². The van der Waals surface area contributed by atoms with Crippen molar-refractivity contribution in [2.45, 2.75) is 19.8 Å². The molecule has 0 spiro atoms. The second kappa shape index (κ2) is 6.25. The molecule has 3 aromatic rings. The largest absolute Gasteiger partial charge is 0.396 e. The zero-order valence-corrected chi connectivity index (χ0v) is 12.8. The van der Waals surface area contributed by atoms with Crippen molar-refractivity contribution in [3.05, 3.63) is 47.1 Å². The van der Waals surface area contributed by atoms with Crippen molar-refractivity contribution >= 4 is 11.6 Å². The van der Waals surface area contributed by atoms with Crippen LogP contribution in [0.25, 0.3) is 11.5 Å². The summed E-state index contributed by atoms with van der Waals surface area (Å²) in [5.41, 5.74) is 2.52. The fraction of sp³-hybridized carbons (Fsp3) is 0.286. The molecular formula is C14H15ClN6O. The van der Waals surface area contributed by atoms with Gasteiger partial charge in [-0.1, -0.05) is 11.6 Å². The number of aromatic nitrogens is 6. The molecule has 7 nitrogen and oxygen atoms in total. The number of hydrogen-bond donors (Lipinski definition) is 1. The van der Waals surface area contributed by atoms with E-state index >= 15 is 0 Å². The van der Waals surface area contributed by atoms with Crippen molar-refractivity contribution in [2.24, 2.45) is 0 Å². The molecule has 0 fully saturated rings. The number of pyridine rings is 1. The number of nitrogens with zero attached hydrogens (tertiary/aromatic N) is 6. The van der Waals surface area contributed by atoms with Crippen LogP contribution in [0.2, 0.25) is 5.15 Å². The van der Waals surface area contributed by atoms with Gasteiger partial charge in [0.05, 0.1) is 18.1 Å². The molecule has 0 aliphatic rings. The summed E-state index contributed by atoms with van der Waals surface area (Å²) < 4.78 is 1.73. The van der Waals surface area contributed by atoms with E-state index in [-0.39, 0.29) is 6.61 Å². The molecule has 3 heterocycles. The van der Waals surface area contributed by atoms with E-state index in [9.17, 15) is 0 Å². The monoisotopic (exact) mass is 318 g/mol. The maximum absolute atomic E-state index is 9.06. The third kappa shape index (κ3) is 2.86. The maximum Gasteiger partial charge on any atom is 0.196 e. The van der Waals surface area contributed by atoms with Crippen LogP contribution in [0.5, 0.6) is 0 Å². The normalized spacial score (nSPS) is 11.0. The topological polar surface area (TPSA) is 81.7 Å². The summed E-state index contributed by atoms with van der Waals surface area (Å²) in [6.45, 7) is 1.98. The SMILES string of the molecule is Cc1cc(-n2ccc(-n3nccn3)n2)c(CCCO)c(Cl)n1. The Balaban J connectivity index is 2.03. The summed E-state index contributed by atoms with van der Waals surface area (Å²) in [5, 5.41) is 22.1. The molecule has 0 radical (unpaired) electrons. The molecule has 114 valence electrons. The summed E-state index contributed by atoms with van der Waals surface area (Å²) in [6.07, 6.45) is 6.27. The smallest absolute Gasteiger partial charge is 0.196 e. The highest BCUT2D eigenvalue weighted by Gasteiger charge is 2.13. The first kappa shape index (κ1) is 14.7. The van der Waals surface area contributed by atoms with Gasteiger partial charge in [-0.15, -0.1) is 9.90 Å². The lowest BCUT2D eigenvalue weighted by Crippen LogP contribution is -2.06. The van der Waals surface area contributed by atoms with E-state index in [2.05, 4.69) is 20.3 Å². The standard InChI is InChI=1S/C14H15ClN6O/c1-10-9-12(11(3-2-8-22)14(15)18-10)20-7-4-13(19-20)21-16-5-6-17-21/h4-7,9,22H,2-3,8H2,1H3. The molecule has 0 unspecified atom stereocenters.